The third kappa shape index (κ3) is 8.63. The summed E-state index contributed by atoms with van der Waals surface area (Å²) in [5.74, 6) is 2.84. The second kappa shape index (κ2) is 13.6. The van der Waals surface area contributed by atoms with Crippen LogP contribution in [0.2, 0.25) is 0 Å². The zero-order valence-corrected chi connectivity index (χ0v) is 22.3. The molecule has 0 spiro atoms. The van der Waals surface area contributed by atoms with Crippen molar-refractivity contribution in [3.63, 3.8) is 0 Å². The molecule has 2 N–H and O–H groups in total. The highest BCUT2D eigenvalue weighted by atomic mass is 127. The number of morpholine rings is 1. The molecular weight excluding hydrogens is 533 g/mol. The number of hydrogen-bond donors (Lipinski definition) is 2. The van der Waals surface area contributed by atoms with Crippen molar-refractivity contribution in [1.29, 1.82) is 0 Å². The van der Waals surface area contributed by atoms with Crippen LogP contribution >= 0.6 is 24.0 Å². The largest absolute Gasteiger partial charge is 0.494 e. The SMILES string of the molecule is CCOc1ccc(Oc2cc(CNC(=NC)NCC(C)(C)N3CCOCC3)ccn2)cc1.I. The number of ether oxygens (including phenoxy) is 3. The van der Waals surface area contributed by atoms with Crippen LogP contribution in [0.1, 0.15) is 26.3 Å². The van der Waals surface area contributed by atoms with E-state index < -0.39 is 0 Å². The van der Waals surface area contributed by atoms with Crippen LogP contribution in [0.5, 0.6) is 17.4 Å². The number of rotatable bonds is 9. The molecule has 0 saturated carbocycles. The van der Waals surface area contributed by atoms with Gasteiger partial charge in [-0.2, -0.15) is 0 Å². The van der Waals surface area contributed by atoms with E-state index in [4.69, 9.17) is 14.2 Å². The Kier molecular flexibility index (Phi) is 11.2. The highest BCUT2D eigenvalue weighted by molar-refractivity contribution is 14.0. The lowest BCUT2D eigenvalue weighted by Gasteiger charge is -2.41. The van der Waals surface area contributed by atoms with Gasteiger partial charge >= 0.3 is 0 Å². The normalized spacial score (nSPS) is 14.8. The first-order valence-electron chi connectivity index (χ1n) is 11.1. The molecule has 2 heterocycles. The van der Waals surface area contributed by atoms with Crippen LogP contribution in [0.15, 0.2) is 47.6 Å². The first-order valence-corrected chi connectivity index (χ1v) is 11.1. The van der Waals surface area contributed by atoms with E-state index in [0.29, 0.717) is 24.8 Å². The number of halogens is 1. The summed E-state index contributed by atoms with van der Waals surface area (Å²) in [6.45, 7) is 12.0. The average Bonchev–Trinajstić information content (AvgIpc) is 2.81. The number of guanidine groups is 1. The molecule has 182 valence electrons. The van der Waals surface area contributed by atoms with E-state index in [-0.39, 0.29) is 29.5 Å². The lowest BCUT2D eigenvalue weighted by molar-refractivity contribution is -0.00834. The second-order valence-corrected chi connectivity index (χ2v) is 8.20. The number of aromatic nitrogens is 1. The molecule has 9 heteroatoms. The van der Waals surface area contributed by atoms with E-state index in [1.165, 1.54) is 0 Å². The molecule has 0 atom stereocenters. The Morgan fingerprint density at radius 3 is 2.48 bits per heavy atom. The summed E-state index contributed by atoms with van der Waals surface area (Å²) in [4.78, 5) is 11.1. The first kappa shape index (κ1) is 27.1. The summed E-state index contributed by atoms with van der Waals surface area (Å²) < 4.78 is 16.8. The number of pyridine rings is 1. The van der Waals surface area contributed by atoms with Crippen LogP contribution in [0, 0.1) is 0 Å². The molecule has 1 aliphatic heterocycles. The van der Waals surface area contributed by atoms with E-state index >= 15 is 0 Å². The van der Waals surface area contributed by atoms with E-state index in [0.717, 1.165) is 50.1 Å². The number of benzene rings is 1. The van der Waals surface area contributed by atoms with E-state index in [1.807, 2.05) is 43.3 Å². The molecule has 8 nitrogen and oxygen atoms in total. The van der Waals surface area contributed by atoms with Crippen LogP contribution < -0.4 is 20.1 Å². The predicted molar refractivity (Wildman–Crippen MR) is 142 cm³/mol. The Labute approximate surface area is 214 Å². The number of hydrogen-bond acceptors (Lipinski definition) is 6. The molecular formula is C24H36IN5O3. The minimum absolute atomic E-state index is 0. The van der Waals surface area contributed by atoms with Gasteiger partial charge in [0.25, 0.3) is 0 Å². The standard InChI is InChI=1S/C24H35N5O3.HI/c1-5-31-20-6-8-21(9-7-20)32-22-16-19(10-11-26-22)17-27-23(25-4)28-18-24(2,3)29-12-14-30-15-13-29;/h6-11,16H,5,12-15,17-18H2,1-4H3,(H2,25,27,28);1H. The van der Waals surface area contributed by atoms with Crippen LogP contribution in [0.3, 0.4) is 0 Å². The molecule has 0 aliphatic carbocycles. The van der Waals surface area contributed by atoms with Crippen LogP contribution in [-0.2, 0) is 11.3 Å². The molecule has 1 aromatic heterocycles. The van der Waals surface area contributed by atoms with E-state index in [9.17, 15) is 0 Å². The van der Waals surface area contributed by atoms with Crippen LogP contribution in [-0.4, -0.2) is 67.9 Å². The predicted octanol–water partition coefficient (Wildman–Crippen LogP) is 3.67. The molecule has 0 unspecified atom stereocenters. The number of nitrogens with zero attached hydrogens (tertiary/aromatic N) is 3. The summed E-state index contributed by atoms with van der Waals surface area (Å²) in [6.07, 6.45) is 1.75. The number of aliphatic imine (C=N–C) groups is 1. The molecule has 0 bridgehead atoms. The minimum atomic E-state index is 0. The molecule has 0 radical (unpaired) electrons. The summed E-state index contributed by atoms with van der Waals surface area (Å²) in [5, 5.41) is 6.81. The Morgan fingerprint density at radius 2 is 1.82 bits per heavy atom. The van der Waals surface area contributed by atoms with Gasteiger partial charge in [0.05, 0.1) is 19.8 Å². The maximum absolute atomic E-state index is 5.89. The maximum atomic E-state index is 5.89. The molecule has 1 aromatic carbocycles. The fourth-order valence-electron chi connectivity index (χ4n) is 3.49. The topological polar surface area (TPSA) is 80.2 Å². The summed E-state index contributed by atoms with van der Waals surface area (Å²) in [7, 11) is 1.78. The van der Waals surface area contributed by atoms with Crippen molar-refractivity contribution >= 4 is 29.9 Å². The zero-order valence-electron chi connectivity index (χ0n) is 20.0. The van der Waals surface area contributed by atoms with Crippen molar-refractivity contribution < 1.29 is 14.2 Å². The van der Waals surface area contributed by atoms with Crippen LogP contribution in [0.25, 0.3) is 0 Å². The zero-order chi connectivity index (χ0) is 22.8. The molecule has 0 amide bonds. The smallest absolute Gasteiger partial charge is 0.219 e. The highest BCUT2D eigenvalue weighted by Gasteiger charge is 2.28. The van der Waals surface area contributed by atoms with Crippen molar-refractivity contribution in [2.45, 2.75) is 32.9 Å². The van der Waals surface area contributed by atoms with E-state index in [2.05, 4.69) is 39.4 Å². The molecule has 1 saturated heterocycles. The summed E-state index contributed by atoms with van der Waals surface area (Å²) >= 11 is 0. The molecule has 33 heavy (non-hydrogen) atoms. The molecule has 2 aromatic rings. The van der Waals surface area contributed by atoms with Crippen molar-refractivity contribution in [2.24, 2.45) is 4.99 Å². The van der Waals surface area contributed by atoms with E-state index in [1.54, 1.807) is 13.2 Å². The Hall–Kier alpha value is -2.11. The molecule has 1 fully saturated rings. The summed E-state index contributed by atoms with van der Waals surface area (Å²) in [5.41, 5.74) is 1.06. The lowest BCUT2D eigenvalue weighted by Crippen LogP contribution is -2.56. The van der Waals surface area contributed by atoms with Gasteiger partial charge in [0.2, 0.25) is 5.88 Å². The quantitative estimate of drug-likeness (QED) is 0.271. The Bertz CT molecular complexity index is 871. The van der Waals surface area contributed by atoms with Gasteiger partial charge in [-0.15, -0.1) is 24.0 Å². The van der Waals surface area contributed by atoms with Crippen molar-refractivity contribution in [3.05, 3.63) is 48.2 Å². The minimum Gasteiger partial charge on any atom is -0.494 e. The number of nitrogens with one attached hydrogen (secondary N) is 2. The maximum Gasteiger partial charge on any atom is 0.219 e. The van der Waals surface area contributed by atoms with Gasteiger partial charge in [-0.1, -0.05) is 0 Å². The molecule has 3 rings (SSSR count). The monoisotopic (exact) mass is 569 g/mol. The van der Waals surface area contributed by atoms with Gasteiger partial charge in [-0.3, -0.25) is 9.89 Å². The first-order chi connectivity index (χ1) is 15.5. The van der Waals surface area contributed by atoms with Crippen molar-refractivity contribution in [2.75, 3.05) is 46.5 Å². The highest BCUT2D eigenvalue weighted by Crippen LogP contribution is 2.23. The summed E-state index contributed by atoms with van der Waals surface area (Å²) in [6, 6.07) is 11.4. The van der Waals surface area contributed by atoms with Gasteiger partial charge in [0, 0.05) is 51.0 Å². The van der Waals surface area contributed by atoms with Gasteiger partial charge in [0.15, 0.2) is 5.96 Å². The Balaban J connectivity index is 0.00000385. The van der Waals surface area contributed by atoms with Crippen molar-refractivity contribution in [1.82, 2.24) is 20.5 Å². The average molecular weight is 569 g/mol. The fraction of sp³-hybridized carbons (Fsp3) is 0.500. The third-order valence-corrected chi connectivity index (χ3v) is 5.40. The van der Waals surface area contributed by atoms with Gasteiger partial charge in [-0.05, 0) is 56.7 Å². The fourth-order valence-corrected chi connectivity index (χ4v) is 3.49. The van der Waals surface area contributed by atoms with Gasteiger partial charge < -0.3 is 24.8 Å². The molecule has 1 aliphatic rings. The van der Waals surface area contributed by atoms with Gasteiger partial charge in [-0.25, -0.2) is 4.98 Å². The second-order valence-electron chi connectivity index (χ2n) is 8.20. The van der Waals surface area contributed by atoms with Crippen molar-refractivity contribution in [3.8, 4) is 17.4 Å². The third-order valence-electron chi connectivity index (χ3n) is 5.40. The van der Waals surface area contributed by atoms with Crippen LogP contribution in [0.4, 0.5) is 0 Å². The lowest BCUT2D eigenvalue weighted by atomic mass is 10.0. The van der Waals surface area contributed by atoms with Gasteiger partial charge in [0.1, 0.15) is 11.5 Å². The Morgan fingerprint density at radius 1 is 1.12 bits per heavy atom.